The van der Waals surface area contributed by atoms with Crippen LogP contribution in [0.15, 0.2) is 34.5 Å². The molecule has 0 radical (unpaired) electrons. The van der Waals surface area contributed by atoms with Gasteiger partial charge in [-0.05, 0) is 50.3 Å². The van der Waals surface area contributed by atoms with E-state index in [1.54, 1.807) is 27.8 Å². The van der Waals surface area contributed by atoms with Gasteiger partial charge < -0.3 is 9.80 Å². The lowest BCUT2D eigenvalue weighted by atomic mass is 10.1. The van der Waals surface area contributed by atoms with E-state index in [2.05, 4.69) is 15.3 Å². The number of nitrogens with zero attached hydrogens (tertiary/aromatic N) is 4. The molecule has 0 atom stereocenters. The summed E-state index contributed by atoms with van der Waals surface area (Å²) in [5, 5.41) is 3.10. The maximum atomic E-state index is 12.9. The molecule has 180 valence electrons. The number of amides is 1. The maximum Gasteiger partial charge on any atom is 0.243 e. The monoisotopic (exact) mass is 490 g/mol. The van der Waals surface area contributed by atoms with Crippen molar-refractivity contribution in [3.8, 4) is 0 Å². The van der Waals surface area contributed by atoms with E-state index in [9.17, 15) is 13.2 Å². The lowest BCUT2D eigenvalue weighted by Gasteiger charge is -2.22. The molecule has 3 heterocycles. The molecular formula is C24H34N4O3S2. The molecule has 0 spiro atoms. The van der Waals surface area contributed by atoms with E-state index in [1.807, 2.05) is 24.0 Å². The number of thiazole rings is 1. The van der Waals surface area contributed by atoms with Gasteiger partial charge in [-0.3, -0.25) is 4.79 Å². The summed E-state index contributed by atoms with van der Waals surface area (Å²) in [6.07, 6.45) is 6.04. The molecule has 2 aromatic rings. The molecule has 2 fully saturated rings. The number of carbonyl (C=O) groups is 1. The van der Waals surface area contributed by atoms with E-state index < -0.39 is 10.0 Å². The molecule has 9 heteroatoms. The molecule has 7 nitrogen and oxygen atoms in total. The van der Waals surface area contributed by atoms with Gasteiger partial charge in [-0.1, -0.05) is 25.0 Å². The largest absolute Gasteiger partial charge is 0.346 e. The van der Waals surface area contributed by atoms with Gasteiger partial charge in [0.1, 0.15) is 0 Å². The van der Waals surface area contributed by atoms with Crippen molar-refractivity contribution >= 4 is 32.4 Å². The van der Waals surface area contributed by atoms with Crippen LogP contribution in [0, 0.1) is 6.92 Å². The zero-order valence-electron chi connectivity index (χ0n) is 19.4. The zero-order valence-corrected chi connectivity index (χ0v) is 21.0. The van der Waals surface area contributed by atoms with Crippen LogP contribution in [-0.2, 0) is 21.2 Å². The predicted octanol–water partition coefficient (Wildman–Crippen LogP) is 3.69. The van der Waals surface area contributed by atoms with E-state index in [1.165, 1.54) is 0 Å². The Bertz CT molecular complexity index is 1030. The van der Waals surface area contributed by atoms with E-state index in [0.29, 0.717) is 37.4 Å². The highest BCUT2D eigenvalue weighted by molar-refractivity contribution is 7.89. The fourth-order valence-electron chi connectivity index (χ4n) is 4.51. The molecular weight excluding hydrogens is 456 g/mol. The van der Waals surface area contributed by atoms with Gasteiger partial charge in [-0.25, -0.2) is 13.4 Å². The molecule has 2 aliphatic heterocycles. The van der Waals surface area contributed by atoms with Gasteiger partial charge in [0.05, 0.1) is 10.6 Å². The van der Waals surface area contributed by atoms with Crippen LogP contribution in [0.25, 0.3) is 0 Å². The summed E-state index contributed by atoms with van der Waals surface area (Å²) in [4.78, 5) is 22.0. The van der Waals surface area contributed by atoms with Crippen molar-refractivity contribution in [3.63, 3.8) is 0 Å². The van der Waals surface area contributed by atoms with Crippen molar-refractivity contribution in [2.45, 2.75) is 56.8 Å². The highest BCUT2D eigenvalue weighted by Gasteiger charge is 2.25. The molecule has 0 saturated carbocycles. The fraction of sp³-hybridized carbons (Fsp3) is 0.583. The predicted molar refractivity (Wildman–Crippen MR) is 132 cm³/mol. The normalized spacial score (nSPS) is 18.7. The fourth-order valence-corrected chi connectivity index (χ4v) is 6.89. The van der Waals surface area contributed by atoms with E-state index in [4.69, 9.17) is 0 Å². The first-order valence-corrected chi connectivity index (χ1v) is 14.3. The van der Waals surface area contributed by atoms with Gasteiger partial charge in [0.15, 0.2) is 5.13 Å². The maximum absolute atomic E-state index is 12.9. The number of carbonyl (C=O) groups excluding carboxylic acids is 1. The van der Waals surface area contributed by atoms with Gasteiger partial charge in [-0.2, -0.15) is 4.31 Å². The minimum absolute atomic E-state index is 0.161. The van der Waals surface area contributed by atoms with Gasteiger partial charge in [0.25, 0.3) is 0 Å². The molecule has 33 heavy (non-hydrogen) atoms. The Kier molecular flexibility index (Phi) is 8.03. The molecule has 0 unspecified atom stereocenters. The molecule has 2 saturated heterocycles. The average Bonchev–Trinajstić information content (AvgIpc) is 3.03. The SMILES string of the molecule is Cc1csc(N2CCCN(C(=O)CCc3ccc(S(=O)(=O)N4CCCCCC4)cc3)CC2)n1. The summed E-state index contributed by atoms with van der Waals surface area (Å²) in [7, 11) is -3.43. The Morgan fingerprint density at radius 3 is 2.33 bits per heavy atom. The van der Waals surface area contributed by atoms with Crippen LogP contribution in [-0.4, -0.2) is 67.8 Å². The van der Waals surface area contributed by atoms with Crippen LogP contribution in [0.4, 0.5) is 5.13 Å². The second kappa shape index (κ2) is 11.0. The van der Waals surface area contributed by atoms with Crippen molar-refractivity contribution in [1.82, 2.24) is 14.2 Å². The second-order valence-corrected chi connectivity index (χ2v) is 11.7. The van der Waals surface area contributed by atoms with E-state index >= 15 is 0 Å². The first-order valence-electron chi connectivity index (χ1n) is 12.0. The van der Waals surface area contributed by atoms with Crippen LogP contribution in [0.3, 0.4) is 0 Å². The molecule has 1 amide bonds. The summed E-state index contributed by atoms with van der Waals surface area (Å²) in [6, 6.07) is 7.10. The number of rotatable bonds is 6. The molecule has 0 N–H and O–H groups in total. The third kappa shape index (κ3) is 6.13. The van der Waals surface area contributed by atoms with Crippen molar-refractivity contribution in [3.05, 3.63) is 40.9 Å². The third-order valence-corrected chi connectivity index (χ3v) is 9.41. The number of aromatic nitrogens is 1. The first kappa shape index (κ1) is 24.2. The van der Waals surface area contributed by atoms with Gasteiger partial charge in [-0.15, -0.1) is 11.3 Å². The van der Waals surface area contributed by atoms with Gasteiger partial charge >= 0.3 is 0 Å². The highest BCUT2D eigenvalue weighted by atomic mass is 32.2. The zero-order chi connectivity index (χ0) is 23.3. The second-order valence-electron chi connectivity index (χ2n) is 8.96. The number of benzene rings is 1. The Morgan fingerprint density at radius 1 is 0.939 bits per heavy atom. The lowest BCUT2D eigenvalue weighted by Crippen LogP contribution is -2.35. The Hall–Kier alpha value is -1.97. The van der Waals surface area contributed by atoms with Crippen LogP contribution in [0.5, 0.6) is 0 Å². The summed E-state index contributed by atoms with van der Waals surface area (Å²) < 4.78 is 27.5. The van der Waals surface area contributed by atoms with E-state index in [0.717, 1.165) is 68.1 Å². The summed E-state index contributed by atoms with van der Waals surface area (Å²) in [5.41, 5.74) is 2.03. The topological polar surface area (TPSA) is 73.8 Å². The van der Waals surface area contributed by atoms with Crippen molar-refractivity contribution in [2.24, 2.45) is 0 Å². The average molecular weight is 491 g/mol. The Labute approximate surface area is 201 Å². The van der Waals surface area contributed by atoms with Crippen LogP contribution in [0.2, 0.25) is 0 Å². The first-order chi connectivity index (χ1) is 15.9. The number of aryl methyl sites for hydroxylation is 2. The quantitative estimate of drug-likeness (QED) is 0.618. The summed E-state index contributed by atoms with van der Waals surface area (Å²) in [5.74, 6) is 0.161. The Balaban J connectivity index is 1.29. The number of anilines is 1. The summed E-state index contributed by atoms with van der Waals surface area (Å²) in [6.45, 7) is 6.43. The molecule has 2 aliphatic rings. The van der Waals surface area contributed by atoms with E-state index in [-0.39, 0.29) is 5.91 Å². The van der Waals surface area contributed by atoms with Crippen LogP contribution < -0.4 is 4.90 Å². The van der Waals surface area contributed by atoms with Crippen molar-refractivity contribution in [2.75, 3.05) is 44.2 Å². The summed E-state index contributed by atoms with van der Waals surface area (Å²) >= 11 is 1.66. The van der Waals surface area contributed by atoms with Crippen molar-refractivity contribution in [1.29, 1.82) is 0 Å². The standard InChI is InChI=1S/C24H34N4O3S2/c1-20-19-32-24(25-20)27-14-6-13-26(17-18-27)23(29)12-9-21-7-10-22(11-8-21)33(30,31)28-15-4-2-3-5-16-28/h7-8,10-11,19H,2-6,9,12-18H2,1H3. The molecule has 0 aliphatic carbocycles. The Morgan fingerprint density at radius 2 is 1.67 bits per heavy atom. The van der Waals surface area contributed by atoms with Gasteiger partial charge in [0.2, 0.25) is 15.9 Å². The van der Waals surface area contributed by atoms with Crippen molar-refractivity contribution < 1.29 is 13.2 Å². The number of sulfonamides is 1. The smallest absolute Gasteiger partial charge is 0.243 e. The molecule has 0 bridgehead atoms. The minimum atomic E-state index is -3.43. The number of hydrogen-bond acceptors (Lipinski definition) is 6. The van der Waals surface area contributed by atoms with Gasteiger partial charge in [0, 0.05) is 51.1 Å². The molecule has 1 aromatic carbocycles. The molecule has 4 rings (SSSR count). The van der Waals surface area contributed by atoms with Crippen LogP contribution in [0.1, 0.15) is 49.8 Å². The highest BCUT2D eigenvalue weighted by Crippen LogP contribution is 2.23. The third-order valence-electron chi connectivity index (χ3n) is 6.48. The number of hydrogen-bond donors (Lipinski definition) is 0. The molecule has 1 aromatic heterocycles. The van der Waals surface area contributed by atoms with Crippen LogP contribution >= 0.6 is 11.3 Å². The minimum Gasteiger partial charge on any atom is -0.346 e. The lowest BCUT2D eigenvalue weighted by molar-refractivity contribution is -0.130.